The summed E-state index contributed by atoms with van der Waals surface area (Å²) < 4.78 is 16.8. The summed E-state index contributed by atoms with van der Waals surface area (Å²) in [4.78, 5) is 4.64. The second kappa shape index (κ2) is 8.69. The Morgan fingerprint density at radius 3 is 2.61 bits per heavy atom. The summed E-state index contributed by atoms with van der Waals surface area (Å²) in [5.74, 6) is 1.44. The van der Waals surface area contributed by atoms with Gasteiger partial charge in [0.15, 0.2) is 0 Å². The Labute approximate surface area is 194 Å². The summed E-state index contributed by atoms with van der Waals surface area (Å²) in [6.07, 6.45) is 1.64. The number of hydrogen-bond acceptors (Lipinski definition) is 7. The number of benzene rings is 3. The van der Waals surface area contributed by atoms with Crippen molar-refractivity contribution in [3.63, 3.8) is 0 Å². The molecule has 2 heterocycles. The van der Waals surface area contributed by atoms with Crippen LogP contribution in [-0.4, -0.2) is 19.2 Å². The topological polar surface area (TPSA) is 80.3 Å². The summed E-state index contributed by atoms with van der Waals surface area (Å²) in [5.41, 5.74) is 4.44. The zero-order chi connectivity index (χ0) is 22.8. The Balaban J connectivity index is 1.45. The van der Waals surface area contributed by atoms with Crippen LogP contribution in [0.2, 0.25) is 0 Å². The van der Waals surface area contributed by atoms with E-state index >= 15 is 0 Å². The fraction of sp³-hybridized carbons (Fsp3) is 0.0769. The molecule has 0 aliphatic rings. The van der Waals surface area contributed by atoms with Gasteiger partial charge in [0.2, 0.25) is 0 Å². The van der Waals surface area contributed by atoms with E-state index in [0.717, 1.165) is 38.9 Å². The van der Waals surface area contributed by atoms with Gasteiger partial charge in [-0.25, -0.2) is 4.98 Å². The van der Waals surface area contributed by atoms with Crippen molar-refractivity contribution in [2.24, 2.45) is 0 Å². The highest BCUT2D eigenvalue weighted by atomic mass is 32.1. The molecule has 0 atom stereocenters. The van der Waals surface area contributed by atoms with E-state index < -0.39 is 0 Å². The molecule has 0 saturated heterocycles. The summed E-state index contributed by atoms with van der Waals surface area (Å²) in [7, 11) is 3.25. The molecule has 0 saturated carbocycles. The number of methoxy groups -OCH3 is 2. The van der Waals surface area contributed by atoms with Crippen LogP contribution in [0, 0.1) is 11.3 Å². The van der Waals surface area contributed by atoms with Crippen molar-refractivity contribution in [3.05, 3.63) is 77.3 Å². The zero-order valence-electron chi connectivity index (χ0n) is 18.0. The van der Waals surface area contributed by atoms with Gasteiger partial charge >= 0.3 is 0 Å². The first-order valence-electron chi connectivity index (χ1n) is 10.2. The van der Waals surface area contributed by atoms with E-state index in [-0.39, 0.29) is 0 Å². The molecule has 1 N–H and O–H groups in total. The van der Waals surface area contributed by atoms with Crippen LogP contribution in [-0.2, 0) is 0 Å². The van der Waals surface area contributed by atoms with Gasteiger partial charge in [0, 0.05) is 34.0 Å². The predicted octanol–water partition coefficient (Wildman–Crippen LogP) is 6.70. The van der Waals surface area contributed by atoms with Crippen molar-refractivity contribution in [1.82, 2.24) is 4.98 Å². The maximum Gasteiger partial charge on any atom is 0.143 e. The molecule has 0 unspecified atom stereocenters. The molecule has 162 valence electrons. The van der Waals surface area contributed by atoms with Crippen LogP contribution in [0.15, 0.2) is 76.7 Å². The van der Waals surface area contributed by atoms with Crippen LogP contribution in [0.3, 0.4) is 0 Å². The molecule has 0 fully saturated rings. The van der Waals surface area contributed by atoms with Gasteiger partial charge in [-0.2, -0.15) is 5.26 Å². The van der Waals surface area contributed by atoms with Gasteiger partial charge in [0.25, 0.3) is 0 Å². The number of para-hydroxylation sites is 1. The van der Waals surface area contributed by atoms with E-state index in [1.165, 1.54) is 11.3 Å². The number of thiazole rings is 1. The van der Waals surface area contributed by atoms with Gasteiger partial charge in [-0.05, 0) is 36.4 Å². The van der Waals surface area contributed by atoms with Crippen molar-refractivity contribution < 1.29 is 13.9 Å². The van der Waals surface area contributed by atoms with E-state index in [2.05, 4.69) is 16.4 Å². The molecule has 0 radical (unpaired) electrons. The Hall–Kier alpha value is -4.28. The lowest BCUT2D eigenvalue weighted by atomic mass is 10.1. The van der Waals surface area contributed by atoms with Crippen molar-refractivity contribution in [2.45, 2.75) is 0 Å². The molecule has 0 aliphatic heterocycles. The number of furan rings is 1. The van der Waals surface area contributed by atoms with Gasteiger partial charge in [0.1, 0.15) is 39.3 Å². The molecule has 0 amide bonds. The zero-order valence-corrected chi connectivity index (χ0v) is 18.8. The lowest BCUT2D eigenvalue weighted by Gasteiger charge is -2.08. The number of allylic oxidation sites excluding steroid dienone is 1. The van der Waals surface area contributed by atoms with Crippen molar-refractivity contribution in [1.29, 1.82) is 5.26 Å². The largest absolute Gasteiger partial charge is 0.497 e. The van der Waals surface area contributed by atoms with E-state index in [1.54, 1.807) is 20.4 Å². The van der Waals surface area contributed by atoms with Gasteiger partial charge < -0.3 is 19.2 Å². The number of nitrogens with one attached hydrogen (secondary N) is 1. The molecule has 7 heteroatoms. The van der Waals surface area contributed by atoms with Crippen LogP contribution in [0.4, 0.5) is 5.69 Å². The first-order valence-corrected chi connectivity index (χ1v) is 11.0. The molecule has 0 spiro atoms. The highest BCUT2D eigenvalue weighted by Gasteiger charge is 2.13. The number of aromatic nitrogens is 1. The van der Waals surface area contributed by atoms with Crippen molar-refractivity contribution in [3.8, 4) is 28.8 Å². The third kappa shape index (κ3) is 3.88. The summed E-state index contributed by atoms with van der Waals surface area (Å²) >= 11 is 1.41. The molecule has 0 aliphatic carbocycles. The summed E-state index contributed by atoms with van der Waals surface area (Å²) in [5, 5.41) is 17.5. The number of nitriles is 1. The standard InChI is InChI=1S/C26H19N3O3S/c1-30-18-9-7-16(8-10-18)22-15-33-26(29-22)17(13-27)14-28-21-12-24-20(11-25(21)31-2)19-5-3-4-6-23(19)32-24/h3-12,14-15,28H,1-2H3. The van der Waals surface area contributed by atoms with Crippen LogP contribution in [0.1, 0.15) is 5.01 Å². The Kier molecular flexibility index (Phi) is 5.43. The molecule has 0 bridgehead atoms. The number of nitrogens with zero attached hydrogens (tertiary/aromatic N) is 2. The minimum Gasteiger partial charge on any atom is -0.497 e. The number of anilines is 1. The van der Waals surface area contributed by atoms with Crippen molar-refractivity contribution >= 4 is 44.5 Å². The fourth-order valence-corrected chi connectivity index (χ4v) is 4.41. The summed E-state index contributed by atoms with van der Waals surface area (Å²) in [6.45, 7) is 0. The Bertz CT molecular complexity index is 1520. The fourth-order valence-electron chi connectivity index (χ4n) is 3.62. The maximum absolute atomic E-state index is 9.74. The quantitative estimate of drug-likeness (QED) is 0.288. The van der Waals surface area contributed by atoms with E-state index in [9.17, 15) is 5.26 Å². The first-order chi connectivity index (χ1) is 16.2. The second-order valence-electron chi connectivity index (χ2n) is 7.23. The smallest absolute Gasteiger partial charge is 0.143 e. The molecule has 2 aromatic heterocycles. The predicted molar refractivity (Wildman–Crippen MR) is 132 cm³/mol. The SMILES string of the molecule is COc1ccc(-c2csc(C(C#N)=CNc3cc4oc5ccccc5c4cc3OC)n2)cc1. The lowest BCUT2D eigenvalue weighted by Crippen LogP contribution is -1.95. The monoisotopic (exact) mass is 453 g/mol. The van der Waals surface area contributed by atoms with Crippen LogP contribution < -0.4 is 14.8 Å². The molecule has 6 nitrogen and oxygen atoms in total. The molecule has 3 aromatic carbocycles. The average molecular weight is 454 g/mol. The Morgan fingerprint density at radius 2 is 1.85 bits per heavy atom. The third-order valence-corrected chi connectivity index (χ3v) is 6.19. The van der Waals surface area contributed by atoms with Gasteiger partial charge in [0.05, 0.1) is 25.6 Å². The highest BCUT2D eigenvalue weighted by molar-refractivity contribution is 7.11. The van der Waals surface area contributed by atoms with E-state index in [4.69, 9.17) is 13.9 Å². The average Bonchev–Trinajstić information content (AvgIpc) is 3.49. The van der Waals surface area contributed by atoms with Crippen LogP contribution in [0.5, 0.6) is 11.5 Å². The van der Waals surface area contributed by atoms with E-state index in [1.807, 2.05) is 66.0 Å². The third-order valence-electron chi connectivity index (χ3n) is 5.31. The minimum absolute atomic E-state index is 0.423. The van der Waals surface area contributed by atoms with Gasteiger partial charge in [-0.3, -0.25) is 0 Å². The maximum atomic E-state index is 9.74. The molecule has 5 rings (SSSR count). The Morgan fingerprint density at radius 1 is 1.03 bits per heavy atom. The molecular weight excluding hydrogens is 434 g/mol. The van der Waals surface area contributed by atoms with Gasteiger partial charge in [-0.1, -0.05) is 18.2 Å². The highest BCUT2D eigenvalue weighted by Crippen LogP contribution is 2.36. The molecular formula is C26H19N3O3S. The molecule has 5 aromatic rings. The summed E-state index contributed by atoms with van der Waals surface area (Å²) in [6, 6.07) is 21.6. The number of rotatable bonds is 6. The van der Waals surface area contributed by atoms with Crippen LogP contribution >= 0.6 is 11.3 Å². The normalized spacial score (nSPS) is 11.5. The van der Waals surface area contributed by atoms with Gasteiger partial charge in [-0.15, -0.1) is 11.3 Å². The number of fused-ring (bicyclic) bond motifs is 3. The van der Waals surface area contributed by atoms with Crippen molar-refractivity contribution in [2.75, 3.05) is 19.5 Å². The van der Waals surface area contributed by atoms with Crippen LogP contribution in [0.25, 0.3) is 38.8 Å². The number of ether oxygens (including phenoxy) is 2. The molecule has 33 heavy (non-hydrogen) atoms. The number of hydrogen-bond donors (Lipinski definition) is 1. The minimum atomic E-state index is 0.423. The second-order valence-corrected chi connectivity index (χ2v) is 8.09. The first kappa shape index (κ1) is 20.6. The lowest BCUT2D eigenvalue weighted by molar-refractivity contribution is 0.415. The van der Waals surface area contributed by atoms with E-state index in [0.29, 0.717) is 22.0 Å².